The van der Waals surface area contributed by atoms with Crippen molar-refractivity contribution in [3.05, 3.63) is 34.3 Å². The molecule has 1 rings (SSSR count). The van der Waals surface area contributed by atoms with Crippen molar-refractivity contribution < 1.29 is 8.42 Å². The van der Waals surface area contributed by atoms with Crippen LogP contribution < -0.4 is 5.32 Å². The van der Waals surface area contributed by atoms with E-state index in [1.165, 1.54) is 5.56 Å². The highest BCUT2D eigenvalue weighted by Gasteiger charge is 2.18. The molecule has 0 aliphatic carbocycles. The molecule has 0 radical (unpaired) electrons. The van der Waals surface area contributed by atoms with Crippen LogP contribution in [0, 0.1) is 5.92 Å². The van der Waals surface area contributed by atoms with Crippen molar-refractivity contribution >= 4 is 25.8 Å². The summed E-state index contributed by atoms with van der Waals surface area (Å²) in [7, 11) is -2.92. The summed E-state index contributed by atoms with van der Waals surface area (Å²) in [5.74, 6) is 1.26. The maximum absolute atomic E-state index is 11.8. The minimum absolute atomic E-state index is 0.209. The van der Waals surface area contributed by atoms with Crippen molar-refractivity contribution in [1.82, 2.24) is 5.32 Å². The Morgan fingerprint density at radius 1 is 1.19 bits per heavy atom. The molecule has 0 bridgehead atoms. The highest BCUT2D eigenvalue weighted by molar-refractivity contribution is 9.10. The Morgan fingerprint density at radius 2 is 1.86 bits per heavy atom. The second kappa shape index (κ2) is 8.91. The molecule has 21 heavy (non-hydrogen) atoms. The van der Waals surface area contributed by atoms with Gasteiger partial charge >= 0.3 is 0 Å². The van der Waals surface area contributed by atoms with E-state index >= 15 is 0 Å². The van der Waals surface area contributed by atoms with Crippen LogP contribution in [0.2, 0.25) is 0 Å². The predicted octanol–water partition coefficient (Wildman–Crippen LogP) is 3.60. The van der Waals surface area contributed by atoms with E-state index in [-0.39, 0.29) is 17.4 Å². The maximum atomic E-state index is 11.8. The first kappa shape index (κ1) is 18.7. The Balaban J connectivity index is 2.77. The van der Waals surface area contributed by atoms with Crippen LogP contribution in [-0.4, -0.2) is 33.0 Å². The fourth-order valence-electron chi connectivity index (χ4n) is 2.19. The Morgan fingerprint density at radius 3 is 2.43 bits per heavy atom. The fourth-order valence-corrected chi connectivity index (χ4v) is 3.73. The molecule has 120 valence electrons. The van der Waals surface area contributed by atoms with E-state index in [2.05, 4.69) is 41.2 Å². The number of hydrogen-bond donors (Lipinski definition) is 1. The van der Waals surface area contributed by atoms with Crippen LogP contribution in [-0.2, 0) is 9.84 Å². The molecule has 0 spiro atoms. The number of benzene rings is 1. The van der Waals surface area contributed by atoms with E-state index in [1.807, 2.05) is 18.2 Å². The Hall–Kier alpha value is -0.390. The second-order valence-electron chi connectivity index (χ2n) is 5.80. The van der Waals surface area contributed by atoms with Crippen LogP contribution in [0.15, 0.2) is 28.7 Å². The van der Waals surface area contributed by atoms with E-state index in [0.29, 0.717) is 12.3 Å². The molecular weight excluding hydrogens is 350 g/mol. The zero-order chi connectivity index (χ0) is 15.9. The largest absolute Gasteiger partial charge is 0.316 e. The van der Waals surface area contributed by atoms with Crippen LogP contribution >= 0.6 is 15.9 Å². The summed E-state index contributed by atoms with van der Waals surface area (Å²) in [5, 5.41) is 3.45. The lowest BCUT2D eigenvalue weighted by Crippen LogP contribution is -2.27. The van der Waals surface area contributed by atoms with Crippen molar-refractivity contribution in [3.63, 3.8) is 0 Å². The van der Waals surface area contributed by atoms with Crippen LogP contribution in [0.4, 0.5) is 0 Å². The highest BCUT2D eigenvalue weighted by Crippen LogP contribution is 2.27. The molecule has 1 aromatic carbocycles. The lowest BCUT2D eigenvalue weighted by molar-refractivity contribution is 0.506. The van der Waals surface area contributed by atoms with Gasteiger partial charge in [-0.15, -0.1) is 0 Å². The van der Waals surface area contributed by atoms with Gasteiger partial charge in [0.2, 0.25) is 0 Å². The number of sulfone groups is 1. The summed E-state index contributed by atoms with van der Waals surface area (Å²) in [6.07, 6.45) is 0.657. The van der Waals surface area contributed by atoms with E-state index in [9.17, 15) is 8.42 Å². The molecule has 0 heterocycles. The van der Waals surface area contributed by atoms with Gasteiger partial charge in [-0.25, -0.2) is 8.42 Å². The summed E-state index contributed by atoms with van der Waals surface area (Å²) in [6, 6.07) is 8.07. The molecule has 0 saturated carbocycles. The van der Waals surface area contributed by atoms with Crippen LogP contribution in [0.25, 0.3) is 0 Å². The molecule has 1 N–H and O–H groups in total. The quantitative estimate of drug-likeness (QED) is 0.716. The molecule has 0 fully saturated rings. The molecule has 1 unspecified atom stereocenters. The van der Waals surface area contributed by atoms with Crippen molar-refractivity contribution in [3.8, 4) is 0 Å². The molecule has 5 heteroatoms. The van der Waals surface area contributed by atoms with Crippen molar-refractivity contribution in [1.29, 1.82) is 0 Å². The fraction of sp³-hybridized carbons (Fsp3) is 0.625. The summed E-state index contributed by atoms with van der Waals surface area (Å²) >= 11 is 3.58. The second-order valence-corrected chi connectivity index (χ2v) is 9.12. The monoisotopic (exact) mass is 375 g/mol. The Kier molecular flexibility index (Phi) is 7.92. The van der Waals surface area contributed by atoms with Gasteiger partial charge in [0, 0.05) is 16.8 Å². The lowest BCUT2D eigenvalue weighted by atomic mass is 9.96. The van der Waals surface area contributed by atoms with Gasteiger partial charge < -0.3 is 5.32 Å². The number of halogens is 1. The topological polar surface area (TPSA) is 46.2 Å². The van der Waals surface area contributed by atoms with E-state index < -0.39 is 9.84 Å². The van der Waals surface area contributed by atoms with Crippen LogP contribution in [0.1, 0.15) is 38.7 Å². The van der Waals surface area contributed by atoms with Gasteiger partial charge in [0.15, 0.2) is 0 Å². The third-order valence-electron chi connectivity index (χ3n) is 3.51. The average molecular weight is 376 g/mol. The van der Waals surface area contributed by atoms with Gasteiger partial charge in [-0.1, -0.05) is 54.9 Å². The van der Waals surface area contributed by atoms with Crippen LogP contribution in [0.3, 0.4) is 0 Å². The van der Waals surface area contributed by atoms with E-state index in [4.69, 9.17) is 0 Å². The molecule has 1 atom stereocenters. The van der Waals surface area contributed by atoms with Crippen molar-refractivity contribution in [2.75, 3.05) is 24.6 Å². The first-order chi connectivity index (χ1) is 9.85. The third-order valence-corrected chi connectivity index (χ3v) is 5.97. The summed E-state index contributed by atoms with van der Waals surface area (Å²) in [5.41, 5.74) is 1.18. The SMILES string of the molecule is CCS(=O)(=O)CCC(CNCC(C)C)c1ccccc1Br. The minimum Gasteiger partial charge on any atom is -0.316 e. The van der Waals surface area contributed by atoms with Gasteiger partial charge in [-0.2, -0.15) is 0 Å². The smallest absolute Gasteiger partial charge is 0.150 e. The standard InChI is InChI=1S/C16H26BrNO2S/c1-4-21(19,20)10-9-14(12-18-11-13(2)3)15-7-5-6-8-16(15)17/h5-8,13-14,18H,4,9-12H2,1-3H3. The molecule has 0 aliphatic heterocycles. The summed E-state index contributed by atoms with van der Waals surface area (Å²) < 4.78 is 24.6. The first-order valence-electron chi connectivity index (χ1n) is 7.51. The molecule has 0 saturated heterocycles. The normalized spacial score (nSPS) is 13.6. The zero-order valence-corrected chi connectivity index (χ0v) is 15.5. The van der Waals surface area contributed by atoms with Gasteiger partial charge in [-0.3, -0.25) is 0 Å². The van der Waals surface area contributed by atoms with Crippen molar-refractivity contribution in [2.45, 2.75) is 33.1 Å². The van der Waals surface area contributed by atoms with Gasteiger partial charge in [0.1, 0.15) is 9.84 Å². The highest BCUT2D eigenvalue weighted by atomic mass is 79.9. The number of nitrogens with one attached hydrogen (secondary N) is 1. The molecule has 3 nitrogen and oxygen atoms in total. The molecular formula is C16H26BrNO2S. The Labute approximate surface area is 137 Å². The van der Waals surface area contributed by atoms with Gasteiger partial charge in [0.25, 0.3) is 0 Å². The first-order valence-corrected chi connectivity index (χ1v) is 10.1. The maximum Gasteiger partial charge on any atom is 0.150 e. The van der Waals surface area contributed by atoms with E-state index in [1.54, 1.807) is 6.92 Å². The molecule has 1 aromatic rings. The van der Waals surface area contributed by atoms with Gasteiger partial charge in [-0.05, 0) is 36.4 Å². The molecule has 0 aromatic heterocycles. The number of rotatable bonds is 9. The minimum atomic E-state index is -2.92. The summed E-state index contributed by atoms with van der Waals surface area (Å²) in [4.78, 5) is 0. The van der Waals surface area contributed by atoms with E-state index in [0.717, 1.165) is 17.6 Å². The molecule has 0 amide bonds. The third kappa shape index (κ3) is 6.94. The molecule has 0 aliphatic rings. The summed E-state index contributed by atoms with van der Waals surface area (Å²) in [6.45, 7) is 7.80. The Bertz CT molecular complexity index is 529. The van der Waals surface area contributed by atoms with Gasteiger partial charge in [0.05, 0.1) is 5.75 Å². The lowest BCUT2D eigenvalue weighted by Gasteiger charge is -2.20. The van der Waals surface area contributed by atoms with Crippen molar-refractivity contribution in [2.24, 2.45) is 5.92 Å². The zero-order valence-electron chi connectivity index (χ0n) is 13.1. The average Bonchev–Trinajstić information content (AvgIpc) is 2.43. The van der Waals surface area contributed by atoms with Crippen LogP contribution in [0.5, 0.6) is 0 Å². The predicted molar refractivity (Wildman–Crippen MR) is 93.5 cm³/mol. The number of hydrogen-bond acceptors (Lipinski definition) is 3.